The standard InChI is InChI=1S/C39H57N2P/c1-26-20-28(3)37(29(4)21-26)36-25-40-39(41(36)38-30(5)22-27(2)23-31(38)6)32-14-13-19-35(24-32)42(33-15-9-7-10-16-33)34-17-11-8-12-18-34/h20-23,33-36,40H,7-19,24-25H2,1-6H3. The fraction of sp³-hybridized carbons (Fsp3) is 0.641. The molecule has 0 spiro atoms. The predicted molar refractivity (Wildman–Crippen MR) is 184 cm³/mol. The van der Waals surface area contributed by atoms with Gasteiger partial charge in [0.25, 0.3) is 0 Å². The maximum atomic E-state index is 4.09. The molecule has 1 heterocycles. The van der Waals surface area contributed by atoms with Gasteiger partial charge in [0, 0.05) is 12.2 Å². The SMILES string of the molecule is Cc1cc(C)c(C2CNC(=C3CCCC(P(C4CCCCC4)C4CCCCC4)C3)N2c2c(C)cc(C)cc2C)c(C)c1. The van der Waals surface area contributed by atoms with Crippen molar-refractivity contribution in [3.05, 3.63) is 74.6 Å². The van der Waals surface area contributed by atoms with E-state index in [0.717, 1.165) is 23.5 Å². The highest BCUT2D eigenvalue weighted by atomic mass is 31.1. The topological polar surface area (TPSA) is 15.3 Å². The second kappa shape index (κ2) is 13.1. The van der Waals surface area contributed by atoms with Crippen LogP contribution in [0.5, 0.6) is 0 Å². The van der Waals surface area contributed by atoms with Gasteiger partial charge in [0.05, 0.1) is 6.04 Å². The lowest BCUT2D eigenvalue weighted by Crippen LogP contribution is -2.31. The average Bonchev–Trinajstić information content (AvgIpc) is 3.37. The van der Waals surface area contributed by atoms with E-state index >= 15 is 0 Å². The van der Waals surface area contributed by atoms with Crippen molar-refractivity contribution >= 4 is 13.6 Å². The molecular weight excluding hydrogens is 527 g/mol. The lowest BCUT2D eigenvalue weighted by molar-refractivity contribution is 0.473. The van der Waals surface area contributed by atoms with Gasteiger partial charge >= 0.3 is 0 Å². The van der Waals surface area contributed by atoms with Gasteiger partial charge in [-0.05, 0) is 143 Å². The van der Waals surface area contributed by atoms with E-state index in [2.05, 4.69) is 76.0 Å². The first kappa shape index (κ1) is 30.2. The van der Waals surface area contributed by atoms with Gasteiger partial charge in [0.1, 0.15) is 5.82 Å². The Labute approximate surface area is 258 Å². The maximum absolute atomic E-state index is 4.09. The van der Waals surface area contributed by atoms with Gasteiger partial charge in [-0.3, -0.25) is 0 Å². The highest BCUT2D eigenvalue weighted by Gasteiger charge is 2.40. The first-order chi connectivity index (χ1) is 20.3. The molecular formula is C39H57N2P. The lowest BCUT2D eigenvalue weighted by atomic mass is 9.91. The molecule has 0 bridgehead atoms. The summed E-state index contributed by atoms with van der Waals surface area (Å²) in [7, 11) is 0.109. The van der Waals surface area contributed by atoms with Crippen LogP contribution < -0.4 is 10.2 Å². The van der Waals surface area contributed by atoms with Gasteiger partial charge in [-0.2, -0.15) is 0 Å². The first-order valence-electron chi connectivity index (χ1n) is 17.5. The van der Waals surface area contributed by atoms with E-state index in [9.17, 15) is 0 Å². The van der Waals surface area contributed by atoms with E-state index in [1.807, 2.05) is 0 Å². The molecule has 0 amide bonds. The third-order valence-corrected chi connectivity index (χ3v) is 15.2. The number of hydrogen-bond donors (Lipinski definition) is 1. The van der Waals surface area contributed by atoms with Crippen molar-refractivity contribution in [3.8, 4) is 0 Å². The Morgan fingerprint density at radius 1 is 0.619 bits per heavy atom. The largest absolute Gasteiger partial charge is 0.369 e. The highest BCUT2D eigenvalue weighted by Crippen LogP contribution is 2.62. The number of aryl methyl sites for hydroxylation is 6. The van der Waals surface area contributed by atoms with Crippen molar-refractivity contribution in [2.24, 2.45) is 0 Å². The molecule has 0 aromatic heterocycles. The molecule has 2 atom stereocenters. The molecule has 1 aliphatic heterocycles. The van der Waals surface area contributed by atoms with Crippen molar-refractivity contribution in [3.63, 3.8) is 0 Å². The number of rotatable bonds is 5. The van der Waals surface area contributed by atoms with Gasteiger partial charge in [0.2, 0.25) is 0 Å². The molecule has 2 aromatic carbocycles. The van der Waals surface area contributed by atoms with Crippen LogP contribution in [0.25, 0.3) is 0 Å². The van der Waals surface area contributed by atoms with Crippen LogP contribution in [-0.2, 0) is 0 Å². The smallest absolute Gasteiger partial charge is 0.106 e. The summed E-state index contributed by atoms with van der Waals surface area (Å²) < 4.78 is 0. The monoisotopic (exact) mass is 584 g/mol. The summed E-state index contributed by atoms with van der Waals surface area (Å²) in [5, 5.41) is 4.09. The highest BCUT2D eigenvalue weighted by molar-refractivity contribution is 7.60. The molecule has 2 unspecified atom stereocenters. The lowest BCUT2D eigenvalue weighted by Gasteiger charge is -2.45. The van der Waals surface area contributed by atoms with E-state index < -0.39 is 0 Å². The summed E-state index contributed by atoms with van der Waals surface area (Å²) in [5.74, 6) is 1.47. The predicted octanol–water partition coefficient (Wildman–Crippen LogP) is 11.0. The second-order valence-corrected chi connectivity index (χ2v) is 17.6. The molecule has 1 N–H and O–H groups in total. The Bertz CT molecular complexity index is 1230. The Hall–Kier alpha value is -1.79. The molecule has 2 nitrogen and oxygen atoms in total. The zero-order chi connectivity index (χ0) is 29.4. The molecule has 228 valence electrons. The Morgan fingerprint density at radius 3 is 1.67 bits per heavy atom. The number of nitrogens with one attached hydrogen (secondary N) is 1. The number of benzene rings is 2. The maximum Gasteiger partial charge on any atom is 0.106 e. The molecule has 4 fully saturated rings. The van der Waals surface area contributed by atoms with Gasteiger partial charge in [0.15, 0.2) is 0 Å². The molecule has 2 aromatic rings. The zero-order valence-electron chi connectivity index (χ0n) is 27.6. The van der Waals surface area contributed by atoms with Crippen LogP contribution in [0.15, 0.2) is 35.7 Å². The number of nitrogens with zero attached hydrogens (tertiary/aromatic N) is 1. The Balaban J connectivity index is 1.41. The number of allylic oxidation sites excluding steroid dienone is 1. The third-order valence-electron chi connectivity index (χ3n) is 11.2. The normalized spacial score (nSPS) is 26.2. The van der Waals surface area contributed by atoms with Gasteiger partial charge in [-0.1, -0.05) is 81.8 Å². The quantitative estimate of drug-likeness (QED) is 0.352. The van der Waals surface area contributed by atoms with Crippen molar-refractivity contribution < 1.29 is 0 Å². The minimum atomic E-state index is 0.109. The molecule has 3 aliphatic carbocycles. The minimum absolute atomic E-state index is 0.109. The minimum Gasteiger partial charge on any atom is -0.369 e. The van der Waals surface area contributed by atoms with Crippen LogP contribution in [0.3, 0.4) is 0 Å². The molecule has 3 heteroatoms. The summed E-state index contributed by atoms with van der Waals surface area (Å²) in [6.45, 7) is 14.9. The molecule has 6 rings (SSSR count). The van der Waals surface area contributed by atoms with Crippen LogP contribution >= 0.6 is 7.92 Å². The number of hydrogen-bond acceptors (Lipinski definition) is 2. The Kier molecular flexibility index (Phi) is 9.40. The molecule has 1 saturated heterocycles. The van der Waals surface area contributed by atoms with Crippen molar-refractivity contribution in [1.82, 2.24) is 5.32 Å². The summed E-state index contributed by atoms with van der Waals surface area (Å²) in [5.41, 5.74) is 16.2. The van der Waals surface area contributed by atoms with Crippen molar-refractivity contribution in [2.75, 3.05) is 11.4 Å². The van der Waals surface area contributed by atoms with Gasteiger partial charge < -0.3 is 10.2 Å². The molecule has 4 aliphatic rings. The third kappa shape index (κ3) is 6.09. The van der Waals surface area contributed by atoms with E-state index in [4.69, 9.17) is 0 Å². The second-order valence-electron chi connectivity index (χ2n) is 14.6. The van der Waals surface area contributed by atoms with Crippen molar-refractivity contribution in [1.29, 1.82) is 0 Å². The fourth-order valence-corrected chi connectivity index (χ4v) is 14.4. The zero-order valence-corrected chi connectivity index (χ0v) is 28.5. The molecule has 42 heavy (non-hydrogen) atoms. The van der Waals surface area contributed by atoms with Crippen LogP contribution in [0.1, 0.15) is 135 Å². The Morgan fingerprint density at radius 2 is 1.12 bits per heavy atom. The molecule has 0 radical (unpaired) electrons. The van der Waals surface area contributed by atoms with E-state index in [-0.39, 0.29) is 7.92 Å². The number of anilines is 1. The van der Waals surface area contributed by atoms with E-state index in [1.54, 1.807) is 5.57 Å². The van der Waals surface area contributed by atoms with Crippen molar-refractivity contribution in [2.45, 2.75) is 154 Å². The van der Waals surface area contributed by atoms with E-state index in [0.29, 0.717) is 6.04 Å². The first-order valence-corrected chi connectivity index (χ1v) is 19.0. The molecule has 3 saturated carbocycles. The van der Waals surface area contributed by atoms with Crippen LogP contribution in [0.4, 0.5) is 5.69 Å². The summed E-state index contributed by atoms with van der Waals surface area (Å²) in [4.78, 5) is 2.79. The summed E-state index contributed by atoms with van der Waals surface area (Å²) in [6.07, 6.45) is 20.6. The average molecular weight is 585 g/mol. The van der Waals surface area contributed by atoms with Crippen LogP contribution in [-0.4, -0.2) is 23.5 Å². The van der Waals surface area contributed by atoms with Gasteiger partial charge in [-0.15, -0.1) is 0 Å². The van der Waals surface area contributed by atoms with Crippen LogP contribution in [0.2, 0.25) is 0 Å². The fourth-order valence-electron chi connectivity index (χ4n) is 9.75. The summed E-state index contributed by atoms with van der Waals surface area (Å²) >= 11 is 0. The van der Waals surface area contributed by atoms with E-state index in [1.165, 1.54) is 140 Å². The van der Waals surface area contributed by atoms with Crippen LogP contribution in [0, 0.1) is 41.5 Å². The summed E-state index contributed by atoms with van der Waals surface area (Å²) in [6, 6.07) is 9.96. The van der Waals surface area contributed by atoms with Gasteiger partial charge in [-0.25, -0.2) is 0 Å².